The Balaban J connectivity index is 1.82. The summed E-state index contributed by atoms with van der Waals surface area (Å²) in [6.07, 6.45) is 7.75. The summed E-state index contributed by atoms with van der Waals surface area (Å²) in [6, 6.07) is 0. The maximum Gasteiger partial charge on any atom is 0.308 e. The van der Waals surface area contributed by atoms with E-state index in [1.807, 2.05) is 27.7 Å². The number of aliphatic hydroxyl groups is 3. The van der Waals surface area contributed by atoms with Crippen molar-refractivity contribution in [2.45, 2.75) is 149 Å². The molecule has 2 rings (SSSR count). The molecule has 1 aromatic rings. The number of benzene rings is 1. The van der Waals surface area contributed by atoms with Gasteiger partial charge in [-0.15, -0.1) is 0 Å². The van der Waals surface area contributed by atoms with Gasteiger partial charge in [-0.3, -0.25) is 4.79 Å². The van der Waals surface area contributed by atoms with Crippen LogP contribution in [-0.4, -0.2) is 44.7 Å². The molecule has 0 saturated heterocycles. The zero-order valence-electron chi connectivity index (χ0n) is 24.6. The van der Waals surface area contributed by atoms with E-state index in [1.54, 1.807) is 0 Å². The van der Waals surface area contributed by atoms with E-state index in [-0.39, 0.29) is 11.6 Å². The van der Waals surface area contributed by atoms with E-state index in [4.69, 9.17) is 9.47 Å². The fourth-order valence-corrected chi connectivity index (χ4v) is 5.60. The second kappa shape index (κ2) is 13.4. The minimum Gasteiger partial charge on any atom is -0.487 e. The Bertz CT molecular complexity index is 908. The van der Waals surface area contributed by atoms with Crippen LogP contribution in [0.3, 0.4) is 0 Å². The summed E-state index contributed by atoms with van der Waals surface area (Å²) in [4.78, 5) is 11.6. The van der Waals surface area contributed by atoms with Crippen molar-refractivity contribution in [3.8, 4) is 11.5 Å². The molecule has 1 aliphatic heterocycles. The SMILES string of the molecule is CCC(O)[C@@H](O)CC[C@](C)(O)CCC[C@@H](C)CCC[C@]1(C)CCc2c(C)c(OC(C)=O)c(C)c(C)c2O1. The van der Waals surface area contributed by atoms with Crippen molar-refractivity contribution in [1.29, 1.82) is 0 Å². The van der Waals surface area contributed by atoms with Crippen LogP contribution in [0.4, 0.5) is 0 Å². The molecule has 1 unspecified atom stereocenters. The quantitative estimate of drug-likeness (QED) is 0.198. The van der Waals surface area contributed by atoms with E-state index in [0.29, 0.717) is 37.4 Å². The predicted octanol–water partition coefficient (Wildman–Crippen LogP) is 6.26. The molecular formula is C31H52O6. The van der Waals surface area contributed by atoms with E-state index < -0.39 is 17.8 Å². The lowest BCUT2D eigenvalue weighted by atomic mass is 9.83. The first-order valence-electron chi connectivity index (χ1n) is 14.3. The number of hydrogen-bond donors (Lipinski definition) is 3. The summed E-state index contributed by atoms with van der Waals surface area (Å²) in [5.41, 5.74) is 3.18. The highest BCUT2D eigenvalue weighted by molar-refractivity contribution is 5.72. The van der Waals surface area contributed by atoms with Crippen molar-refractivity contribution in [2.24, 2.45) is 5.92 Å². The first-order valence-corrected chi connectivity index (χ1v) is 14.3. The van der Waals surface area contributed by atoms with Crippen LogP contribution in [0.5, 0.6) is 11.5 Å². The highest BCUT2D eigenvalue weighted by Crippen LogP contribution is 2.45. The maximum absolute atomic E-state index is 11.6. The van der Waals surface area contributed by atoms with Crippen LogP contribution in [-0.2, 0) is 11.2 Å². The minimum absolute atomic E-state index is 0.202. The van der Waals surface area contributed by atoms with Gasteiger partial charge in [-0.1, -0.05) is 33.1 Å². The van der Waals surface area contributed by atoms with Crippen molar-refractivity contribution in [2.75, 3.05) is 0 Å². The van der Waals surface area contributed by atoms with Crippen molar-refractivity contribution in [3.05, 3.63) is 22.3 Å². The normalized spacial score (nSPS) is 21.4. The van der Waals surface area contributed by atoms with Crippen LogP contribution >= 0.6 is 0 Å². The third-order valence-corrected chi connectivity index (χ3v) is 8.47. The van der Waals surface area contributed by atoms with Gasteiger partial charge >= 0.3 is 5.97 Å². The number of aliphatic hydroxyl groups excluding tert-OH is 2. The average molecular weight is 521 g/mol. The second-order valence-corrected chi connectivity index (χ2v) is 12.1. The Kier molecular flexibility index (Phi) is 11.5. The number of carbonyl (C=O) groups is 1. The van der Waals surface area contributed by atoms with Crippen LogP contribution in [0.1, 0.15) is 121 Å². The zero-order valence-corrected chi connectivity index (χ0v) is 24.6. The topological polar surface area (TPSA) is 96.2 Å². The van der Waals surface area contributed by atoms with Crippen LogP contribution in [0.2, 0.25) is 0 Å². The van der Waals surface area contributed by atoms with E-state index in [1.165, 1.54) is 6.92 Å². The molecule has 0 amide bonds. The van der Waals surface area contributed by atoms with Gasteiger partial charge in [-0.25, -0.2) is 0 Å². The molecule has 212 valence electrons. The molecule has 37 heavy (non-hydrogen) atoms. The Hall–Kier alpha value is -1.63. The summed E-state index contributed by atoms with van der Waals surface area (Å²) >= 11 is 0. The molecule has 0 saturated carbocycles. The monoisotopic (exact) mass is 520 g/mol. The minimum atomic E-state index is -0.811. The molecule has 0 fully saturated rings. The molecule has 1 heterocycles. The first kappa shape index (κ1) is 31.6. The Morgan fingerprint density at radius 3 is 2.32 bits per heavy atom. The summed E-state index contributed by atoms with van der Waals surface area (Å²) in [5, 5.41) is 30.4. The molecule has 5 atom stereocenters. The van der Waals surface area contributed by atoms with E-state index in [2.05, 4.69) is 20.8 Å². The molecule has 0 spiro atoms. The van der Waals surface area contributed by atoms with Crippen molar-refractivity contribution in [1.82, 2.24) is 0 Å². The standard InChI is InChI=1S/C31H52O6/c1-9-26(33)27(34)15-18-30(7,35)16-10-12-20(2)13-11-17-31(8)19-14-25-23(5)28(36-24(6)32)21(3)22(4)29(25)37-31/h20,26-27,33-35H,9-19H2,1-8H3/t20-,26?,27+,30-,31-/m1/s1. The maximum atomic E-state index is 11.6. The summed E-state index contributed by atoms with van der Waals surface area (Å²) in [5.74, 6) is 1.92. The van der Waals surface area contributed by atoms with Crippen molar-refractivity contribution in [3.63, 3.8) is 0 Å². The van der Waals surface area contributed by atoms with Crippen LogP contribution < -0.4 is 9.47 Å². The summed E-state index contributed by atoms with van der Waals surface area (Å²) < 4.78 is 12.2. The Labute approximate surface area is 224 Å². The predicted molar refractivity (Wildman–Crippen MR) is 148 cm³/mol. The van der Waals surface area contributed by atoms with Gasteiger partial charge in [0.25, 0.3) is 0 Å². The average Bonchev–Trinajstić information content (AvgIpc) is 2.83. The summed E-state index contributed by atoms with van der Waals surface area (Å²) in [6.45, 7) is 15.7. The lowest BCUT2D eigenvalue weighted by molar-refractivity contribution is -0.132. The number of rotatable bonds is 14. The number of fused-ring (bicyclic) bond motifs is 1. The Morgan fingerprint density at radius 2 is 1.70 bits per heavy atom. The number of ether oxygens (including phenoxy) is 2. The third-order valence-electron chi connectivity index (χ3n) is 8.47. The molecule has 1 aliphatic rings. The highest BCUT2D eigenvalue weighted by atomic mass is 16.5. The van der Waals surface area contributed by atoms with Gasteiger partial charge in [-0.2, -0.15) is 0 Å². The number of esters is 1. The van der Waals surface area contributed by atoms with Crippen LogP contribution in [0.25, 0.3) is 0 Å². The molecule has 1 aromatic carbocycles. The van der Waals surface area contributed by atoms with Crippen LogP contribution in [0, 0.1) is 26.7 Å². The number of hydrogen-bond acceptors (Lipinski definition) is 6. The molecule has 0 aromatic heterocycles. The van der Waals surface area contributed by atoms with Crippen LogP contribution in [0.15, 0.2) is 0 Å². The molecule has 3 N–H and O–H groups in total. The van der Waals surface area contributed by atoms with Gasteiger partial charge in [-0.05, 0) is 109 Å². The zero-order chi connectivity index (χ0) is 28.0. The summed E-state index contributed by atoms with van der Waals surface area (Å²) in [7, 11) is 0. The van der Waals surface area contributed by atoms with Crippen molar-refractivity contribution >= 4 is 5.97 Å². The fourth-order valence-electron chi connectivity index (χ4n) is 5.60. The van der Waals surface area contributed by atoms with Gasteiger partial charge < -0.3 is 24.8 Å². The molecule has 6 heteroatoms. The lowest BCUT2D eigenvalue weighted by Crippen LogP contribution is -2.37. The Morgan fingerprint density at radius 1 is 1.05 bits per heavy atom. The largest absolute Gasteiger partial charge is 0.487 e. The first-order chi connectivity index (χ1) is 17.2. The lowest BCUT2D eigenvalue weighted by Gasteiger charge is -2.38. The van der Waals surface area contributed by atoms with E-state index in [0.717, 1.165) is 72.9 Å². The van der Waals surface area contributed by atoms with Gasteiger partial charge in [0, 0.05) is 12.5 Å². The van der Waals surface area contributed by atoms with E-state index >= 15 is 0 Å². The van der Waals surface area contributed by atoms with Gasteiger partial charge in [0.2, 0.25) is 0 Å². The highest BCUT2D eigenvalue weighted by Gasteiger charge is 2.34. The van der Waals surface area contributed by atoms with Gasteiger partial charge in [0.05, 0.1) is 17.8 Å². The van der Waals surface area contributed by atoms with Gasteiger partial charge in [0.1, 0.15) is 17.1 Å². The third kappa shape index (κ3) is 8.97. The number of carbonyl (C=O) groups excluding carboxylic acids is 1. The fraction of sp³-hybridized carbons (Fsp3) is 0.774. The van der Waals surface area contributed by atoms with Crippen molar-refractivity contribution < 1.29 is 29.6 Å². The molecule has 0 radical (unpaired) electrons. The van der Waals surface area contributed by atoms with E-state index in [9.17, 15) is 20.1 Å². The molecule has 6 nitrogen and oxygen atoms in total. The second-order valence-electron chi connectivity index (χ2n) is 12.1. The van der Waals surface area contributed by atoms with Gasteiger partial charge in [0.15, 0.2) is 0 Å². The molecule has 0 bridgehead atoms. The molecule has 0 aliphatic carbocycles. The smallest absolute Gasteiger partial charge is 0.308 e. The molecular weight excluding hydrogens is 468 g/mol.